The van der Waals surface area contributed by atoms with E-state index in [2.05, 4.69) is 36.2 Å². The molecule has 19 heavy (non-hydrogen) atoms. The fraction of sp³-hybridized carbons (Fsp3) is 0.562. The van der Waals surface area contributed by atoms with Gasteiger partial charge < -0.3 is 4.90 Å². The van der Waals surface area contributed by atoms with Gasteiger partial charge in [0.2, 0.25) is 5.91 Å². The second kappa shape index (κ2) is 5.33. The first kappa shape index (κ1) is 12.7. The van der Waals surface area contributed by atoms with Crippen LogP contribution in [0.5, 0.6) is 0 Å². The van der Waals surface area contributed by atoms with Gasteiger partial charge in [0.05, 0.1) is 0 Å². The minimum atomic E-state index is 0.262. The molecule has 1 atom stereocenters. The molecule has 1 fully saturated rings. The molecule has 1 aromatic rings. The smallest absolute Gasteiger partial charge is 0.224 e. The third-order valence-corrected chi connectivity index (χ3v) is 4.51. The topological polar surface area (TPSA) is 23.6 Å². The van der Waals surface area contributed by atoms with E-state index in [4.69, 9.17) is 0 Å². The molecule has 3 nitrogen and oxygen atoms in total. The van der Waals surface area contributed by atoms with Crippen molar-refractivity contribution < 1.29 is 4.79 Å². The third-order valence-electron chi connectivity index (χ3n) is 4.51. The summed E-state index contributed by atoms with van der Waals surface area (Å²) >= 11 is 0. The summed E-state index contributed by atoms with van der Waals surface area (Å²) in [4.78, 5) is 16.7. The van der Waals surface area contributed by atoms with Crippen molar-refractivity contribution in [1.82, 2.24) is 9.80 Å². The summed E-state index contributed by atoms with van der Waals surface area (Å²) in [5.74, 6) is 0.325. The van der Waals surface area contributed by atoms with Crippen LogP contribution in [0.4, 0.5) is 0 Å². The fourth-order valence-corrected chi connectivity index (χ4v) is 3.30. The van der Waals surface area contributed by atoms with Crippen LogP contribution in [-0.4, -0.2) is 42.4 Å². The van der Waals surface area contributed by atoms with Gasteiger partial charge in [-0.1, -0.05) is 24.3 Å². The highest BCUT2D eigenvalue weighted by molar-refractivity contribution is 5.77. The van der Waals surface area contributed by atoms with Crippen LogP contribution >= 0.6 is 0 Å². The van der Waals surface area contributed by atoms with Gasteiger partial charge >= 0.3 is 0 Å². The summed E-state index contributed by atoms with van der Waals surface area (Å²) in [6, 6.07) is 8.84. The highest BCUT2D eigenvalue weighted by atomic mass is 16.2. The van der Waals surface area contributed by atoms with Crippen molar-refractivity contribution in [2.75, 3.05) is 26.7 Å². The van der Waals surface area contributed by atoms with Gasteiger partial charge in [-0.25, -0.2) is 0 Å². The maximum atomic E-state index is 12.4. The Hall–Kier alpha value is -1.35. The predicted octanol–water partition coefficient (Wildman–Crippen LogP) is 2.23. The quantitative estimate of drug-likeness (QED) is 0.812. The first-order valence-corrected chi connectivity index (χ1v) is 7.31. The molecule has 0 spiro atoms. The minimum absolute atomic E-state index is 0.262. The van der Waals surface area contributed by atoms with Gasteiger partial charge in [0.15, 0.2) is 0 Å². The second-order valence-electron chi connectivity index (χ2n) is 5.74. The van der Waals surface area contributed by atoms with Crippen molar-refractivity contribution in [3.05, 3.63) is 35.4 Å². The molecule has 1 amide bonds. The number of likely N-dealkylation sites (N-methyl/N-ethyl adjacent to an activating group) is 1. The van der Waals surface area contributed by atoms with Gasteiger partial charge in [0.1, 0.15) is 0 Å². The van der Waals surface area contributed by atoms with Crippen LogP contribution in [0.1, 0.15) is 36.4 Å². The van der Waals surface area contributed by atoms with Crippen LogP contribution < -0.4 is 0 Å². The molecule has 1 unspecified atom stereocenters. The van der Waals surface area contributed by atoms with E-state index in [9.17, 15) is 4.79 Å². The van der Waals surface area contributed by atoms with Crippen LogP contribution in [0.3, 0.4) is 0 Å². The Morgan fingerprint density at radius 2 is 1.95 bits per heavy atom. The summed E-state index contributed by atoms with van der Waals surface area (Å²) in [7, 11) is 2.14. The lowest BCUT2D eigenvalue weighted by molar-refractivity contribution is -0.131. The molecule has 3 rings (SSSR count). The zero-order valence-electron chi connectivity index (χ0n) is 11.6. The Balaban J connectivity index is 1.77. The monoisotopic (exact) mass is 258 g/mol. The van der Waals surface area contributed by atoms with Crippen LogP contribution in [-0.2, 0) is 11.2 Å². The Labute approximate surface area is 115 Å². The molecular weight excluding hydrogens is 236 g/mol. The highest BCUT2D eigenvalue weighted by Crippen LogP contribution is 2.31. The van der Waals surface area contributed by atoms with Crippen molar-refractivity contribution >= 4 is 5.91 Å². The van der Waals surface area contributed by atoms with Gasteiger partial charge in [0.25, 0.3) is 0 Å². The number of amides is 1. The first-order valence-electron chi connectivity index (χ1n) is 7.31. The molecule has 0 bridgehead atoms. The van der Waals surface area contributed by atoms with E-state index in [0.29, 0.717) is 12.3 Å². The summed E-state index contributed by atoms with van der Waals surface area (Å²) in [6.45, 7) is 2.96. The molecule has 1 saturated heterocycles. The van der Waals surface area contributed by atoms with E-state index in [0.717, 1.165) is 26.1 Å². The van der Waals surface area contributed by atoms with Crippen LogP contribution in [0.25, 0.3) is 0 Å². The molecule has 102 valence electrons. The standard InChI is InChI=1S/C16H22N2O/c1-17-11-8-13-6-2-3-7-14(13)15(17)12-16(19)18-9-4-5-10-18/h2-3,6-7,15H,4-5,8-12H2,1H3. The lowest BCUT2D eigenvalue weighted by Gasteiger charge is -2.35. The molecule has 0 radical (unpaired) electrons. The Morgan fingerprint density at radius 3 is 2.74 bits per heavy atom. The van der Waals surface area contributed by atoms with Crippen LogP contribution in [0.2, 0.25) is 0 Å². The minimum Gasteiger partial charge on any atom is -0.343 e. The molecule has 2 aliphatic rings. The van der Waals surface area contributed by atoms with E-state index < -0.39 is 0 Å². The zero-order chi connectivity index (χ0) is 13.2. The Kier molecular flexibility index (Phi) is 3.56. The maximum Gasteiger partial charge on any atom is 0.224 e. The highest BCUT2D eigenvalue weighted by Gasteiger charge is 2.28. The van der Waals surface area contributed by atoms with Crippen molar-refractivity contribution in [1.29, 1.82) is 0 Å². The predicted molar refractivity (Wildman–Crippen MR) is 75.9 cm³/mol. The van der Waals surface area contributed by atoms with E-state index in [1.165, 1.54) is 24.0 Å². The molecule has 0 aliphatic carbocycles. The molecule has 0 aromatic heterocycles. The van der Waals surface area contributed by atoms with E-state index in [1.54, 1.807) is 0 Å². The lowest BCUT2D eigenvalue weighted by atomic mass is 9.91. The first-order chi connectivity index (χ1) is 9.25. The molecule has 3 heteroatoms. The van der Waals surface area contributed by atoms with Gasteiger partial charge in [0, 0.05) is 32.1 Å². The average Bonchev–Trinajstić information content (AvgIpc) is 2.96. The van der Waals surface area contributed by atoms with Crippen LogP contribution in [0.15, 0.2) is 24.3 Å². The largest absolute Gasteiger partial charge is 0.343 e. The molecular formula is C16H22N2O. The third kappa shape index (κ3) is 2.52. The number of likely N-dealkylation sites (tertiary alicyclic amines) is 1. The van der Waals surface area contributed by atoms with Crippen molar-refractivity contribution in [3.8, 4) is 0 Å². The lowest BCUT2D eigenvalue weighted by Crippen LogP contribution is -2.37. The van der Waals surface area contributed by atoms with Crippen molar-refractivity contribution in [2.24, 2.45) is 0 Å². The summed E-state index contributed by atoms with van der Waals surface area (Å²) in [5.41, 5.74) is 2.77. The number of hydrogen-bond acceptors (Lipinski definition) is 2. The number of rotatable bonds is 2. The maximum absolute atomic E-state index is 12.4. The van der Waals surface area contributed by atoms with Crippen molar-refractivity contribution in [2.45, 2.75) is 31.7 Å². The number of fused-ring (bicyclic) bond motifs is 1. The number of benzene rings is 1. The molecule has 2 heterocycles. The number of hydrogen-bond donors (Lipinski definition) is 0. The van der Waals surface area contributed by atoms with Gasteiger partial charge in [-0.2, -0.15) is 0 Å². The number of nitrogens with zero attached hydrogens (tertiary/aromatic N) is 2. The fourth-order valence-electron chi connectivity index (χ4n) is 3.30. The normalized spacial score (nSPS) is 23.4. The number of carbonyl (C=O) groups excluding carboxylic acids is 1. The molecule has 0 saturated carbocycles. The van der Waals surface area contributed by atoms with Gasteiger partial charge in [-0.15, -0.1) is 0 Å². The summed E-state index contributed by atoms with van der Waals surface area (Å²) < 4.78 is 0. The molecule has 0 N–H and O–H groups in total. The van der Waals surface area contributed by atoms with Crippen LogP contribution in [0, 0.1) is 0 Å². The second-order valence-corrected chi connectivity index (χ2v) is 5.74. The van der Waals surface area contributed by atoms with Crippen molar-refractivity contribution in [3.63, 3.8) is 0 Å². The van der Waals surface area contributed by atoms with E-state index in [-0.39, 0.29) is 6.04 Å². The average molecular weight is 258 g/mol. The summed E-state index contributed by atoms with van der Waals surface area (Å²) in [5, 5.41) is 0. The Morgan fingerprint density at radius 1 is 1.21 bits per heavy atom. The SMILES string of the molecule is CN1CCc2ccccc2C1CC(=O)N1CCCC1. The zero-order valence-corrected chi connectivity index (χ0v) is 11.6. The van der Waals surface area contributed by atoms with E-state index >= 15 is 0 Å². The van der Waals surface area contributed by atoms with E-state index in [1.807, 2.05) is 4.90 Å². The van der Waals surface area contributed by atoms with Gasteiger partial charge in [-0.3, -0.25) is 9.69 Å². The number of carbonyl (C=O) groups is 1. The summed E-state index contributed by atoms with van der Waals surface area (Å²) in [6.07, 6.45) is 4.07. The van der Waals surface area contributed by atoms with Gasteiger partial charge in [-0.05, 0) is 37.4 Å². The molecule has 2 aliphatic heterocycles. The molecule has 1 aromatic carbocycles. The Bertz CT molecular complexity index is 466.